The molecule has 0 aromatic carbocycles. The van der Waals surface area contributed by atoms with Crippen LogP contribution in [-0.2, 0) is 11.8 Å². The Kier molecular flexibility index (Phi) is 4.72. The van der Waals surface area contributed by atoms with Gasteiger partial charge in [-0.25, -0.2) is 4.98 Å². The number of carbonyl (C=O) groups is 1. The van der Waals surface area contributed by atoms with Crippen molar-refractivity contribution >= 4 is 23.4 Å². The topological polar surface area (TPSA) is 88.0 Å². The van der Waals surface area contributed by atoms with Crippen LogP contribution in [0.15, 0.2) is 18.6 Å². The van der Waals surface area contributed by atoms with Crippen LogP contribution < -0.4 is 10.6 Å². The number of nitrogens with zero attached hydrogens (tertiary/aromatic N) is 5. The molecule has 1 saturated heterocycles. The monoisotopic (exact) mass is 369 g/mol. The van der Waals surface area contributed by atoms with Crippen LogP contribution in [0.4, 0.5) is 17.5 Å². The number of anilines is 3. The first-order chi connectivity index (χ1) is 13.0. The lowest BCUT2D eigenvalue weighted by atomic mass is 10.0. The van der Waals surface area contributed by atoms with Crippen LogP contribution in [0.2, 0.25) is 0 Å². The first-order valence-corrected chi connectivity index (χ1v) is 9.65. The van der Waals surface area contributed by atoms with Crippen LogP contribution in [0.3, 0.4) is 0 Å². The van der Waals surface area contributed by atoms with E-state index in [2.05, 4.69) is 25.7 Å². The van der Waals surface area contributed by atoms with Gasteiger partial charge in [0.25, 0.3) is 0 Å². The molecule has 2 N–H and O–H groups in total. The fourth-order valence-corrected chi connectivity index (χ4v) is 4.30. The Balaban J connectivity index is 1.39. The van der Waals surface area contributed by atoms with Crippen molar-refractivity contribution in [2.45, 2.75) is 39.2 Å². The molecule has 4 rings (SSSR count). The van der Waals surface area contributed by atoms with E-state index >= 15 is 0 Å². The number of hydrogen-bond donors (Lipinski definition) is 2. The Morgan fingerprint density at radius 1 is 1.26 bits per heavy atom. The Bertz CT molecular complexity index is 819. The second-order valence-corrected chi connectivity index (χ2v) is 7.74. The molecular formula is C19H27N7O. The van der Waals surface area contributed by atoms with E-state index in [0.717, 1.165) is 43.0 Å². The number of rotatable bonds is 5. The summed E-state index contributed by atoms with van der Waals surface area (Å²) in [4.78, 5) is 23.0. The van der Waals surface area contributed by atoms with Crippen LogP contribution in [0.1, 0.15) is 31.7 Å². The average Bonchev–Trinajstić information content (AvgIpc) is 3.32. The third-order valence-corrected chi connectivity index (χ3v) is 5.68. The third-order valence-electron chi connectivity index (χ3n) is 5.68. The largest absolute Gasteiger partial charge is 0.367 e. The quantitative estimate of drug-likeness (QED) is 0.841. The van der Waals surface area contributed by atoms with Crippen molar-refractivity contribution in [3.8, 4) is 0 Å². The van der Waals surface area contributed by atoms with Gasteiger partial charge < -0.3 is 15.5 Å². The SMILES string of the molecule is CCC(=O)N1CC2CC(Nc3nc(Nc4cnn(C)c4)ncc3C)CC2C1. The molecular weight excluding hydrogens is 342 g/mol. The predicted molar refractivity (Wildman–Crippen MR) is 104 cm³/mol. The molecule has 8 heteroatoms. The molecule has 2 unspecified atom stereocenters. The van der Waals surface area contributed by atoms with Gasteiger partial charge in [0.1, 0.15) is 5.82 Å². The van der Waals surface area contributed by atoms with Gasteiger partial charge in [-0.1, -0.05) is 6.92 Å². The van der Waals surface area contributed by atoms with Crippen LogP contribution >= 0.6 is 0 Å². The van der Waals surface area contributed by atoms with Crippen molar-refractivity contribution in [2.75, 3.05) is 23.7 Å². The molecule has 2 atom stereocenters. The van der Waals surface area contributed by atoms with Gasteiger partial charge in [-0.15, -0.1) is 0 Å². The fraction of sp³-hybridized carbons (Fsp3) is 0.579. The summed E-state index contributed by atoms with van der Waals surface area (Å²) in [5.41, 5.74) is 1.90. The second-order valence-electron chi connectivity index (χ2n) is 7.74. The average molecular weight is 369 g/mol. The van der Waals surface area contributed by atoms with E-state index in [1.807, 2.05) is 38.2 Å². The maximum Gasteiger partial charge on any atom is 0.229 e. The zero-order chi connectivity index (χ0) is 19.0. The number of nitrogens with one attached hydrogen (secondary N) is 2. The van der Waals surface area contributed by atoms with Gasteiger partial charge in [-0.2, -0.15) is 10.1 Å². The minimum absolute atomic E-state index is 0.284. The van der Waals surface area contributed by atoms with Crippen molar-refractivity contribution in [3.05, 3.63) is 24.2 Å². The first-order valence-electron chi connectivity index (χ1n) is 9.65. The lowest BCUT2D eigenvalue weighted by Gasteiger charge is -2.20. The Morgan fingerprint density at radius 2 is 2.00 bits per heavy atom. The molecule has 2 aliphatic rings. The van der Waals surface area contributed by atoms with E-state index in [0.29, 0.717) is 30.2 Å². The van der Waals surface area contributed by atoms with E-state index in [9.17, 15) is 4.79 Å². The molecule has 0 bridgehead atoms. The summed E-state index contributed by atoms with van der Waals surface area (Å²) in [6.07, 6.45) is 8.26. The second kappa shape index (κ2) is 7.17. The van der Waals surface area contributed by atoms with Crippen LogP contribution in [0.25, 0.3) is 0 Å². The summed E-state index contributed by atoms with van der Waals surface area (Å²) < 4.78 is 1.74. The molecule has 0 radical (unpaired) electrons. The first kappa shape index (κ1) is 17.8. The number of amides is 1. The smallest absolute Gasteiger partial charge is 0.229 e. The van der Waals surface area contributed by atoms with E-state index < -0.39 is 0 Å². The Hall–Kier alpha value is -2.64. The molecule has 1 aliphatic heterocycles. The summed E-state index contributed by atoms with van der Waals surface area (Å²) >= 11 is 0. The van der Waals surface area contributed by atoms with E-state index in [4.69, 9.17) is 0 Å². The van der Waals surface area contributed by atoms with E-state index in [1.54, 1.807) is 10.9 Å². The number of fused-ring (bicyclic) bond motifs is 1. The van der Waals surface area contributed by atoms with Gasteiger partial charge in [-0.05, 0) is 31.6 Å². The summed E-state index contributed by atoms with van der Waals surface area (Å²) in [6, 6.07) is 0.402. The van der Waals surface area contributed by atoms with Gasteiger partial charge in [0.2, 0.25) is 11.9 Å². The lowest BCUT2D eigenvalue weighted by molar-refractivity contribution is -0.130. The summed E-state index contributed by atoms with van der Waals surface area (Å²) in [5, 5.41) is 11.0. The predicted octanol–water partition coefficient (Wildman–Crippen LogP) is 2.32. The minimum Gasteiger partial charge on any atom is -0.367 e. The van der Waals surface area contributed by atoms with Crippen molar-refractivity contribution in [2.24, 2.45) is 18.9 Å². The molecule has 1 amide bonds. The lowest BCUT2D eigenvalue weighted by Crippen LogP contribution is -2.30. The van der Waals surface area contributed by atoms with Gasteiger partial charge in [-0.3, -0.25) is 9.48 Å². The standard InChI is InChI=1S/C19H27N7O/c1-4-17(27)26-9-13-5-15(6-14(13)10-26)22-18-12(2)7-20-19(24-18)23-16-8-21-25(3)11-16/h7-8,11,13-15H,4-6,9-10H2,1-3H3,(H2,20,22,23,24). The van der Waals surface area contributed by atoms with Crippen molar-refractivity contribution in [3.63, 3.8) is 0 Å². The molecule has 3 heterocycles. The van der Waals surface area contributed by atoms with Crippen LogP contribution in [0, 0.1) is 18.8 Å². The number of aromatic nitrogens is 4. The number of likely N-dealkylation sites (tertiary alicyclic amines) is 1. The molecule has 8 nitrogen and oxygen atoms in total. The van der Waals surface area contributed by atoms with E-state index in [-0.39, 0.29) is 5.91 Å². The minimum atomic E-state index is 0.284. The van der Waals surface area contributed by atoms with Gasteiger partial charge in [0.15, 0.2) is 0 Å². The van der Waals surface area contributed by atoms with Gasteiger partial charge in [0.05, 0.1) is 11.9 Å². The van der Waals surface area contributed by atoms with Gasteiger partial charge >= 0.3 is 0 Å². The Morgan fingerprint density at radius 3 is 2.63 bits per heavy atom. The molecule has 27 heavy (non-hydrogen) atoms. The van der Waals surface area contributed by atoms with Crippen LogP contribution in [0.5, 0.6) is 0 Å². The normalized spacial score (nSPS) is 24.1. The molecule has 1 aliphatic carbocycles. The number of carbonyl (C=O) groups excluding carboxylic acids is 1. The van der Waals surface area contributed by atoms with Gasteiger partial charge in [0, 0.05) is 50.6 Å². The van der Waals surface area contributed by atoms with Crippen molar-refractivity contribution < 1.29 is 4.79 Å². The van der Waals surface area contributed by atoms with Crippen molar-refractivity contribution in [1.29, 1.82) is 0 Å². The maximum atomic E-state index is 11.9. The highest BCUT2D eigenvalue weighted by molar-refractivity contribution is 5.76. The summed E-state index contributed by atoms with van der Waals surface area (Å²) in [5.74, 6) is 2.93. The summed E-state index contributed by atoms with van der Waals surface area (Å²) in [6.45, 7) is 5.78. The fourth-order valence-electron chi connectivity index (χ4n) is 4.30. The third kappa shape index (κ3) is 3.74. The molecule has 144 valence electrons. The molecule has 1 saturated carbocycles. The zero-order valence-corrected chi connectivity index (χ0v) is 16.1. The van der Waals surface area contributed by atoms with E-state index in [1.165, 1.54) is 0 Å². The zero-order valence-electron chi connectivity index (χ0n) is 16.1. The number of aryl methyl sites for hydroxylation is 2. The Labute approximate surface area is 159 Å². The van der Waals surface area contributed by atoms with Crippen LogP contribution in [-0.4, -0.2) is 49.7 Å². The molecule has 2 aromatic heterocycles. The molecule has 2 fully saturated rings. The highest BCUT2D eigenvalue weighted by Gasteiger charge is 2.42. The maximum absolute atomic E-state index is 11.9. The van der Waals surface area contributed by atoms with Crippen molar-refractivity contribution in [1.82, 2.24) is 24.6 Å². The molecule has 0 spiro atoms. The summed E-state index contributed by atoms with van der Waals surface area (Å²) in [7, 11) is 1.88. The highest BCUT2D eigenvalue weighted by Crippen LogP contribution is 2.39. The highest BCUT2D eigenvalue weighted by atomic mass is 16.2. The molecule has 2 aromatic rings. The number of hydrogen-bond acceptors (Lipinski definition) is 6.